The standard InChI is InChI=1S/C16H15N3O6S2/c20-16(18-21)15-8-11-2-1-10(7-14(11)26-15)9-17-27(24,25)13-5-3-12(4-6-13)19(22)23/h1-7,15,17,21H,8-9H2,(H,18,20). The highest BCUT2D eigenvalue weighted by Gasteiger charge is 2.28. The molecule has 3 N–H and O–H groups in total. The van der Waals surface area contributed by atoms with Gasteiger partial charge < -0.3 is 0 Å². The minimum atomic E-state index is -3.82. The first-order valence-electron chi connectivity index (χ1n) is 7.76. The zero-order valence-electron chi connectivity index (χ0n) is 13.8. The molecule has 1 amide bonds. The van der Waals surface area contributed by atoms with Crippen molar-refractivity contribution in [2.75, 3.05) is 0 Å². The van der Waals surface area contributed by atoms with Gasteiger partial charge in [0.15, 0.2) is 0 Å². The second-order valence-corrected chi connectivity index (χ2v) is 8.82. The van der Waals surface area contributed by atoms with Gasteiger partial charge in [-0.15, -0.1) is 11.8 Å². The normalized spacial score (nSPS) is 16.0. The highest BCUT2D eigenvalue weighted by Crippen LogP contribution is 2.37. The van der Waals surface area contributed by atoms with Gasteiger partial charge in [0.25, 0.3) is 11.6 Å². The topological polar surface area (TPSA) is 139 Å². The van der Waals surface area contributed by atoms with E-state index < -0.39 is 26.1 Å². The van der Waals surface area contributed by atoms with Crippen LogP contribution in [0.2, 0.25) is 0 Å². The number of nitro groups is 1. The van der Waals surface area contributed by atoms with Crippen molar-refractivity contribution in [1.82, 2.24) is 10.2 Å². The third kappa shape index (κ3) is 4.27. The average Bonchev–Trinajstić information content (AvgIpc) is 3.09. The summed E-state index contributed by atoms with van der Waals surface area (Å²) in [4.78, 5) is 22.4. The Kier molecular flexibility index (Phi) is 5.46. The van der Waals surface area contributed by atoms with Crippen molar-refractivity contribution in [3.8, 4) is 0 Å². The van der Waals surface area contributed by atoms with Gasteiger partial charge in [-0.1, -0.05) is 12.1 Å². The van der Waals surface area contributed by atoms with E-state index in [0.29, 0.717) is 12.0 Å². The molecule has 0 bridgehead atoms. The Bertz CT molecular complexity index is 992. The number of amides is 1. The molecule has 0 spiro atoms. The molecule has 2 aromatic carbocycles. The molecule has 1 atom stereocenters. The molecule has 1 aliphatic rings. The van der Waals surface area contributed by atoms with E-state index in [9.17, 15) is 23.3 Å². The van der Waals surface area contributed by atoms with Gasteiger partial charge in [-0.2, -0.15) is 0 Å². The van der Waals surface area contributed by atoms with Gasteiger partial charge in [0.05, 0.1) is 15.1 Å². The van der Waals surface area contributed by atoms with Crippen LogP contribution in [0.15, 0.2) is 52.3 Å². The van der Waals surface area contributed by atoms with Gasteiger partial charge in [0, 0.05) is 23.6 Å². The quantitative estimate of drug-likeness (QED) is 0.374. The summed E-state index contributed by atoms with van der Waals surface area (Å²) >= 11 is 1.30. The highest BCUT2D eigenvalue weighted by molar-refractivity contribution is 8.01. The first-order valence-corrected chi connectivity index (χ1v) is 10.1. The van der Waals surface area contributed by atoms with E-state index in [1.54, 1.807) is 17.6 Å². The van der Waals surface area contributed by atoms with Gasteiger partial charge >= 0.3 is 0 Å². The summed E-state index contributed by atoms with van der Waals surface area (Å²) in [5, 5.41) is 19.0. The predicted octanol–water partition coefficient (Wildman–Crippen LogP) is 1.60. The molecule has 9 nitrogen and oxygen atoms in total. The molecule has 0 radical (unpaired) electrons. The van der Waals surface area contributed by atoms with Gasteiger partial charge in [-0.3, -0.25) is 20.1 Å². The first kappa shape index (κ1) is 19.3. The number of hydroxylamine groups is 1. The van der Waals surface area contributed by atoms with Crippen molar-refractivity contribution in [1.29, 1.82) is 0 Å². The van der Waals surface area contributed by atoms with Crippen LogP contribution in [0.4, 0.5) is 5.69 Å². The third-order valence-corrected chi connectivity index (χ3v) is 6.75. The molecule has 11 heteroatoms. The smallest absolute Gasteiger partial charge is 0.269 e. The summed E-state index contributed by atoms with van der Waals surface area (Å²) in [6, 6.07) is 10.00. The van der Waals surface area contributed by atoms with Gasteiger partial charge in [0.2, 0.25) is 10.0 Å². The molecular weight excluding hydrogens is 394 g/mol. The molecule has 0 fully saturated rings. The number of fused-ring (bicyclic) bond motifs is 1. The summed E-state index contributed by atoms with van der Waals surface area (Å²) in [6.45, 7) is 0.0318. The summed E-state index contributed by atoms with van der Waals surface area (Å²) < 4.78 is 27.1. The molecule has 1 aliphatic heterocycles. The lowest BCUT2D eigenvalue weighted by Crippen LogP contribution is -2.29. The van der Waals surface area contributed by atoms with Crippen LogP contribution in [-0.2, 0) is 27.8 Å². The third-order valence-electron chi connectivity index (χ3n) is 4.03. The number of sulfonamides is 1. The maximum Gasteiger partial charge on any atom is 0.269 e. The average molecular weight is 409 g/mol. The highest BCUT2D eigenvalue weighted by atomic mass is 32.2. The largest absolute Gasteiger partial charge is 0.289 e. The molecule has 1 heterocycles. The van der Waals surface area contributed by atoms with Crippen LogP contribution < -0.4 is 10.2 Å². The maximum atomic E-state index is 12.3. The van der Waals surface area contributed by atoms with Crippen LogP contribution in [0.25, 0.3) is 0 Å². The Morgan fingerprint density at radius 3 is 2.59 bits per heavy atom. The zero-order chi connectivity index (χ0) is 19.6. The molecular formula is C16H15N3O6S2. The summed E-state index contributed by atoms with van der Waals surface area (Å²) in [5.41, 5.74) is 3.11. The number of nitro benzene ring substituents is 1. The minimum Gasteiger partial charge on any atom is -0.289 e. The van der Waals surface area contributed by atoms with Crippen molar-refractivity contribution < 1.29 is 23.3 Å². The lowest BCUT2D eigenvalue weighted by Gasteiger charge is -2.08. The number of nitrogens with one attached hydrogen (secondary N) is 2. The summed E-state index contributed by atoms with van der Waals surface area (Å²) in [7, 11) is -3.82. The molecule has 0 aromatic heterocycles. The number of benzene rings is 2. The van der Waals surface area contributed by atoms with Crippen LogP contribution in [-0.4, -0.2) is 29.7 Å². The fourth-order valence-electron chi connectivity index (χ4n) is 2.61. The molecule has 3 rings (SSSR count). The van der Waals surface area contributed by atoms with Crippen LogP contribution in [0.3, 0.4) is 0 Å². The van der Waals surface area contributed by atoms with Crippen molar-refractivity contribution >= 4 is 33.4 Å². The maximum absolute atomic E-state index is 12.3. The van der Waals surface area contributed by atoms with E-state index >= 15 is 0 Å². The van der Waals surface area contributed by atoms with E-state index in [1.807, 2.05) is 6.07 Å². The number of nitrogens with zero attached hydrogens (tertiary/aromatic N) is 1. The van der Waals surface area contributed by atoms with E-state index in [-0.39, 0.29) is 17.1 Å². The lowest BCUT2D eigenvalue weighted by atomic mass is 10.1. The summed E-state index contributed by atoms with van der Waals surface area (Å²) in [6.07, 6.45) is 0.487. The van der Waals surface area contributed by atoms with Crippen molar-refractivity contribution in [2.24, 2.45) is 0 Å². The fraction of sp³-hybridized carbons (Fsp3) is 0.188. The Labute approximate surface area is 158 Å². The number of hydrogen-bond acceptors (Lipinski definition) is 7. The lowest BCUT2D eigenvalue weighted by molar-refractivity contribution is -0.384. The number of thioether (sulfide) groups is 1. The Balaban J connectivity index is 1.68. The number of carbonyl (C=O) groups is 1. The Morgan fingerprint density at radius 2 is 1.96 bits per heavy atom. The molecule has 0 aliphatic carbocycles. The zero-order valence-corrected chi connectivity index (χ0v) is 15.4. The SMILES string of the molecule is O=C(NO)C1Cc2ccc(CNS(=O)(=O)c3ccc([N+](=O)[O-])cc3)cc2S1. The van der Waals surface area contributed by atoms with E-state index in [0.717, 1.165) is 22.6 Å². The van der Waals surface area contributed by atoms with Gasteiger partial charge in [-0.25, -0.2) is 18.6 Å². The monoisotopic (exact) mass is 409 g/mol. The number of hydrogen-bond donors (Lipinski definition) is 3. The number of non-ortho nitro benzene ring substituents is 1. The second kappa shape index (κ2) is 7.64. The Hall–Kier alpha value is -2.47. The Morgan fingerprint density at radius 1 is 1.26 bits per heavy atom. The second-order valence-electron chi connectivity index (χ2n) is 5.80. The molecule has 0 saturated heterocycles. The van der Waals surface area contributed by atoms with Gasteiger partial charge in [0.1, 0.15) is 0 Å². The molecule has 0 saturated carbocycles. The van der Waals surface area contributed by atoms with Crippen molar-refractivity contribution in [3.63, 3.8) is 0 Å². The van der Waals surface area contributed by atoms with Crippen molar-refractivity contribution in [2.45, 2.75) is 28.0 Å². The number of rotatable bonds is 6. The van der Waals surface area contributed by atoms with Crippen LogP contribution in [0, 0.1) is 10.1 Å². The van der Waals surface area contributed by atoms with Gasteiger partial charge in [-0.05, 0) is 35.7 Å². The molecule has 27 heavy (non-hydrogen) atoms. The molecule has 2 aromatic rings. The van der Waals surface area contributed by atoms with Crippen LogP contribution in [0.1, 0.15) is 11.1 Å². The molecule has 1 unspecified atom stereocenters. The van der Waals surface area contributed by atoms with E-state index in [4.69, 9.17) is 5.21 Å². The van der Waals surface area contributed by atoms with E-state index in [1.165, 1.54) is 23.9 Å². The number of carbonyl (C=O) groups excluding carboxylic acids is 1. The first-order chi connectivity index (χ1) is 12.8. The minimum absolute atomic E-state index is 0.0318. The molecule has 142 valence electrons. The predicted molar refractivity (Wildman–Crippen MR) is 96.8 cm³/mol. The summed E-state index contributed by atoms with van der Waals surface area (Å²) in [5.74, 6) is -0.475. The van der Waals surface area contributed by atoms with Crippen LogP contribution >= 0.6 is 11.8 Å². The van der Waals surface area contributed by atoms with Crippen molar-refractivity contribution in [3.05, 3.63) is 63.7 Å². The van der Waals surface area contributed by atoms with Crippen LogP contribution in [0.5, 0.6) is 0 Å². The van der Waals surface area contributed by atoms with E-state index in [2.05, 4.69) is 4.72 Å². The fourth-order valence-corrected chi connectivity index (χ4v) is 4.88.